The predicted molar refractivity (Wildman–Crippen MR) is 83.2 cm³/mol. The predicted octanol–water partition coefficient (Wildman–Crippen LogP) is 4.68. The molecule has 0 aliphatic heterocycles. The highest BCUT2D eigenvalue weighted by atomic mass is 35.5. The lowest BCUT2D eigenvalue weighted by Gasteiger charge is -2.18. The van der Waals surface area contributed by atoms with Crippen molar-refractivity contribution in [3.8, 4) is 0 Å². The van der Waals surface area contributed by atoms with Gasteiger partial charge >= 0.3 is 0 Å². The Balaban J connectivity index is 2.25. The lowest BCUT2D eigenvalue weighted by molar-refractivity contribution is 0.616. The van der Waals surface area contributed by atoms with Gasteiger partial charge in [-0.1, -0.05) is 47.5 Å². The van der Waals surface area contributed by atoms with Gasteiger partial charge in [-0.05, 0) is 42.8 Å². The zero-order valence-corrected chi connectivity index (χ0v) is 12.7. The van der Waals surface area contributed by atoms with E-state index in [1.165, 1.54) is 6.07 Å². The van der Waals surface area contributed by atoms with Gasteiger partial charge in [0.15, 0.2) is 0 Å². The van der Waals surface area contributed by atoms with Crippen molar-refractivity contribution in [2.24, 2.45) is 0 Å². The van der Waals surface area contributed by atoms with Crippen LogP contribution in [0.15, 0.2) is 42.5 Å². The molecule has 1 nitrogen and oxygen atoms in total. The van der Waals surface area contributed by atoms with Crippen molar-refractivity contribution in [3.63, 3.8) is 0 Å². The van der Waals surface area contributed by atoms with Crippen molar-refractivity contribution in [2.75, 3.05) is 13.6 Å². The average molecular weight is 312 g/mol. The number of benzene rings is 2. The van der Waals surface area contributed by atoms with E-state index in [0.29, 0.717) is 0 Å². The van der Waals surface area contributed by atoms with E-state index >= 15 is 0 Å². The molecule has 1 atom stereocenters. The van der Waals surface area contributed by atoms with Crippen molar-refractivity contribution < 1.29 is 4.39 Å². The molecule has 0 fully saturated rings. The molecular formula is C16H16Cl2FN. The van der Waals surface area contributed by atoms with Crippen LogP contribution in [0.1, 0.15) is 17.0 Å². The molecule has 4 heteroatoms. The van der Waals surface area contributed by atoms with Crippen LogP contribution < -0.4 is 5.32 Å². The summed E-state index contributed by atoms with van der Waals surface area (Å²) in [6.07, 6.45) is 0.755. The third kappa shape index (κ3) is 3.72. The van der Waals surface area contributed by atoms with Crippen molar-refractivity contribution in [3.05, 3.63) is 69.5 Å². The monoisotopic (exact) mass is 311 g/mol. The van der Waals surface area contributed by atoms with Crippen LogP contribution in [0.4, 0.5) is 4.39 Å². The molecule has 2 aromatic rings. The molecule has 1 N–H and O–H groups in total. The van der Waals surface area contributed by atoms with Gasteiger partial charge in [-0.2, -0.15) is 0 Å². The summed E-state index contributed by atoms with van der Waals surface area (Å²) in [5, 5.41) is 4.08. The fourth-order valence-corrected chi connectivity index (χ4v) is 2.79. The Labute approximate surface area is 128 Å². The first-order valence-corrected chi connectivity index (χ1v) is 7.20. The molecule has 0 amide bonds. The SMILES string of the molecule is CNCC(Cc1ccc(F)c(Cl)c1)c1ccccc1Cl. The molecule has 20 heavy (non-hydrogen) atoms. The maximum absolute atomic E-state index is 13.2. The summed E-state index contributed by atoms with van der Waals surface area (Å²) in [5.74, 6) is -0.173. The molecule has 0 aliphatic rings. The molecule has 0 spiro atoms. The molecule has 2 rings (SSSR count). The first-order chi connectivity index (χ1) is 9.61. The van der Waals surface area contributed by atoms with E-state index in [1.54, 1.807) is 12.1 Å². The van der Waals surface area contributed by atoms with E-state index in [-0.39, 0.29) is 10.9 Å². The Bertz CT molecular complexity index is 586. The summed E-state index contributed by atoms with van der Waals surface area (Å²) in [7, 11) is 1.90. The fourth-order valence-electron chi connectivity index (χ4n) is 2.30. The fraction of sp³-hybridized carbons (Fsp3) is 0.250. The van der Waals surface area contributed by atoms with Gasteiger partial charge in [0.2, 0.25) is 0 Å². The molecule has 0 heterocycles. The van der Waals surface area contributed by atoms with E-state index in [2.05, 4.69) is 5.32 Å². The van der Waals surface area contributed by atoms with Crippen LogP contribution in [0.5, 0.6) is 0 Å². The Morgan fingerprint density at radius 3 is 2.50 bits per heavy atom. The van der Waals surface area contributed by atoms with Crippen molar-refractivity contribution in [2.45, 2.75) is 12.3 Å². The van der Waals surface area contributed by atoms with Crippen LogP contribution in [0.25, 0.3) is 0 Å². The molecule has 0 bridgehead atoms. The summed E-state index contributed by atoms with van der Waals surface area (Å²) in [6, 6.07) is 12.6. The van der Waals surface area contributed by atoms with E-state index in [9.17, 15) is 4.39 Å². The zero-order chi connectivity index (χ0) is 14.5. The normalized spacial score (nSPS) is 12.4. The van der Waals surface area contributed by atoms with Gasteiger partial charge in [-0.25, -0.2) is 4.39 Å². The molecule has 0 radical (unpaired) electrons. The quantitative estimate of drug-likeness (QED) is 0.845. The molecule has 0 aliphatic carbocycles. The maximum Gasteiger partial charge on any atom is 0.141 e. The molecule has 106 valence electrons. The van der Waals surface area contributed by atoms with Gasteiger partial charge < -0.3 is 5.32 Å². The minimum absolute atomic E-state index is 0.157. The molecule has 0 saturated carbocycles. The van der Waals surface area contributed by atoms with E-state index in [1.807, 2.05) is 31.3 Å². The summed E-state index contributed by atoms with van der Waals surface area (Å²) >= 11 is 12.1. The summed E-state index contributed by atoms with van der Waals surface area (Å²) < 4.78 is 13.2. The van der Waals surface area contributed by atoms with Gasteiger partial charge in [0.1, 0.15) is 5.82 Å². The topological polar surface area (TPSA) is 12.0 Å². The van der Waals surface area contributed by atoms with Crippen LogP contribution in [-0.2, 0) is 6.42 Å². The second kappa shape index (κ2) is 7.07. The van der Waals surface area contributed by atoms with Gasteiger partial charge in [-0.3, -0.25) is 0 Å². The Morgan fingerprint density at radius 1 is 1.10 bits per heavy atom. The third-order valence-electron chi connectivity index (χ3n) is 3.26. The highest BCUT2D eigenvalue weighted by Crippen LogP contribution is 2.28. The second-order valence-corrected chi connectivity index (χ2v) is 5.54. The van der Waals surface area contributed by atoms with Crippen LogP contribution in [-0.4, -0.2) is 13.6 Å². The van der Waals surface area contributed by atoms with Crippen LogP contribution >= 0.6 is 23.2 Å². The number of likely N-dealkylation sites (N-methyl/N-ethyl adjacent to an activating group) is 1. The van der Waals surface area contributed by atoms with E-state index < -0.39 is 5.82 Å². The summed E-state index contributed by atoms with van der Waals surface area (Å²) in [4.78, 5) is 0. The minimum Gasteiger partial charge on any atom is -0.319 e. The number of hydrogen-bond acceptors (Lipinski definition) is 1. The van der Waals surface area contributed by atoms with Crippen LogP contribution in [0.2, 0.25) is 10.0 Å². The van der Waals surface area contributed by atoms with Crippen molar-refractivity contribution in [1.82, 2.24) is 5.32 Å². The lowest BCUT2D eigenvalue weighted by atomic mass is 9.92. The molecule has 2 aromatic carbocycles. The highest BCUT2D eigenvalue weighted by Gasteiger charge is 2.15. The second-order valence-electron chi connectivity index (χ2n) is 4.73. The largest absolute Gasteiger partial charge is 0.319 e. The zero-order valence-electron chi connectivity index (χ0n) is 11.2. The lowest BCUT2D eigenvalue weighted by Crippen LogP contribution is -2.19. The maximum atomic E-state index is 13.2. The van der Waals surface area contributed by atoms with Crippen molar-refractivity contribution in [1.29, 1.82) is 0 Å². The Morgan fingerprint density at radius 2 is 1.85 bits per heavy atom. The number of halogens is 3. The Hall–Kier alpha value is -1.09. The standard InChI is InChI=1S/C16H16Cl2FN/c1-20-10-12(13-4-2-3-5-14(13)17)8-11-6-7-16(19)15(18)9-11/h2-7,9,12,20H,8,10H2,1H3. The van der Waals surface area contributed by atoms with Crippen LogP contribution in [0, 0.1) is 5.82 Å². The minimum atomic E-state index is -0.390. The number of nitrogens with one attached hydrogen (secondary N) is 1. The summed E-state index contributed by atoms with van der Waals surface area (Å²) in [6.45, 7) is 0.790. The van der Waals surface area contributed by atoms with Gasteiger partial charge in [0.05, 0.1) is 5.02 Å². The van der Waals surface area contributed by atoms with Gasteiger partial charge in [0.25, 0.3) is 0 Å². The van der Waals surface area contributed by atoms with E-state index in [0.717, 1.165) is 29.1 Å². The molecule has 1 unspecified atom stereocenters. The molecular weight excluding hydrogens is 296 g/mol. The van der Waals surface area contributed by atoms with Gasteiger partial charge in [0, 0.05) is 17.5 Å². The van der Waals surface area contributed by atoms with E-state index in [4.69, 9.17) is 23.2 Å². The average Bonchev–Trinajstić information content (AvgIpc) is 2.43. The first-order valence-electron chi connectivity index (χ1n) is 6.44. The summed E-state index contributed by atoms with van der Waals surface area (Å²) in [5.41, 5.74) is 2.08. The Kier molecular flexibility index (Phi) is 5.41. The smallest absolute Gasteiger partial charge is 0.141 e. The van der Waals surface area contributed by atoms with Gasteiger partial charge in [-0.15, -0.1) is 0 Å². The number of hydrogen-bond donors (Lipinski definition) is 1. The molecule has 0 aromatic heterocycles. The first kappa shape index (κ1) is 15.3. The molecule has 0 saturated heterocycles. The third-order valence-corrected chi connectivity index (χ3v) is 3.90. The van der Waals surface area contributed by atoms with Crippen LogP contribution in [0.3, 0.4) is 0 Å². The van der Waals surface area contributed by atoms with Crippen molar-refractivity contribution >= 4 is 23.2 Å². The highest BCUT2D eigenvalue weighted by molar-refractivity contribution is 6.31. The number of rotatable bonds is 5.